The third kappa shape index (κ3) is 2.00. The summed E-state index contributed by atoms with van der Waals surface area (Å²) in [4.78, 5) is 1.02. The number of benzene rings is 1. The van der Waals surface area contributed by atoms with Gasteiger partial charge in [-0.2, -0.15) is 0 Å². The van der Waals surface area contributed by atoms with Crippen LogP contribution in [0.2, 0.25) is 0 Å². The van der Waals surface area contributed by atoms with Gasteiger partial charge in [0.25, 0.3) is 0 Å². The van der Waals surface area contributed by atoms with Crippen molar-refractivity contribution in [3.05, 3.63) is 30.3 Å². The van der Waals surface area contributed by atoms with E-state index in [1.807, 2.05) is 30.3 Å². The van der Waals surface area contributed by atoms with Gasteiger partial charge in [-0.1, -0.05) is 18.2 Å². The molecule has 1 rings (SSSR count). The lowest BCUT2D eigenvalue weighted by molar-refractivity contribution is 0.824. The maximum atomic E-state index is 4.08. The predicted octanol–water partition coefficient (Wildman–Crippen LogP) is 1.15. The molecule has 0 bridgehead atoms. The molecular weight excluding hydrogens is 120 g/mol. The molecule has 0 amide bonds. The van der Waals surface area contributed by atoms with Crippen LogP contribution in [0.3, 0.4) is 0 Å². The Balaban J connectivity index is 0.000000490. The Morgan fingerprint density at radius 1 is 1.00 bits per heavy atom. The fourth-order valence-corrected chi connectivity index (χ4v) is 0.600. The molecule has 0 unspecified atom stereocenters. The quantitative estimate of drug-likeness (QED) is 0.508. The van der Waals surface area contributed by atoms with E-state index >= 15 is 0 Å². The van der Waals surface area contributed by atoms with Gasteiger partial charge in [-0.25, -0.2) is 0 Å². The lowest BCUT2D eigenvalue weighted by atomic mass is 10.4. The molecule has 2 N–H and O–H groups in total. The Morgan fingerprint density at radius 3 is 1.75 bits per heavy atom. The summed E-state index contributed by atoms with van der Waals surface area (Å²) in [7, 11) is 0. The molecule has 0 heterocycles. The largest absolute Gasteiger partial charge is 0.412 e. The Hall–Kier alpha value is -0.470. The standard InChI is InChI=1S/C6H6S.H2O/c7-6-4-2-1-3-5-6;/h1-5,7H;1H2. The molecule has 2 heteroatoms. The average molecular weight is 128 g/mol. The van der Waals surface area contributed by atoms with Gasteiger partial charge in [0.1, 0.15) is 0 Å². The molecule has 0 saturated heterocycles. The van der Waals surface area contributed by atoms with E-state index in [2.05, 4.69) is 12.6 Å². The van der Waals surface area contributed by atoms with E-state index in [1.54, 1.807) is 0 Å². The van der Waals surface area contributed by atoms with Gasteiger partial charge in [0, 0.05) is 4.90 Å². The van der Waals surface area contributed by atoms with Crippen LogP contribution in [0.15, 0.2) is 35.2 Å². The predicted molar refractivity (Wildman–Crippen MR) is 37.3 cm³/mol. The molecule has 44 valence electrons. The minimum atomic E-state index is 0. The Labute approximate surface area is 54.1 Å². The van der Waals surface area contributed by atoms with Crippen LogP contribution >= 0.6 is 12.6 Å². The average Bonchev–Trinajstić information content (AvgIpc) is 1.69. The van der Waals surface area contributed by atoms with Crippen molar-refractivity contribution in [2.24, 2.45) is 0 Å². The monoisotopic (exact) mass is 128 g/mol. The molecule has 0 atom stereocenters. The Kier molecular flexibility index (Phi) is 3.31. The van der Waals surface area contributed by atoms with Gasteiger partial charge in [0.15, 0.2) is 0 Å². The van der Waals surface area contributed by atoms with Crippen molar-refractivity contribution < 1.29 is 5.48 Å². The molecule has 0 spiro atoms. The lowest BCUT2D eigenvalue weighted by Crippen LogP contribution is -1.56. The van der Waals surface area contributed by atoms with E-state index in [1.165, 1.54) is 0 Å². The van der Waals surface area contributed by atoms with Crippen molar-refractivity contribution in [3.8, 4) is 0 Å². The third-order valence-corrected chi connectivity index (χ3v) is 1.05. The minimum absolute atomic E-state index is 0. The highest BCUT2D eigenvalue weighted by molar-refractivity contribution is 7.80. The molecular formula is C6H8OS. The second-order valence-electron chi connectivity index (χ2n) is 1.34. The van der Waals surface area contributed by atoms with Crippen molar-refractivity contribution in [2.75, 3.05) is 0 Å². The number of rotatable bonds is 0. The third-order valence-electron chi connectivity index (χ3n) is 0.756. The van der Waals surface area contributed by atoms with Crippen LogP contribution < -0.4 is 0 Å². The molecule has 0 aromatic heterocycles. The zero-order chi connectivity index (χ0) is 5.11. The molecule has 0 aliphatic heterocycles. The zero-order valence-electron chi connectivity index (χ0n) is 4.33. The first-order valence-corrected chi connectivity index (χ1v) is 2.58. The molecule has 0 saturated carbocycles. The zero-order valence-corrected chi connectivity index (χ0v) is 5.23. The maximum Gasteiger partial charge on any atom is 0.00399 e. The first-order valence-electron chi connectivity index (χ1n) is 2.13. The van der Waals surface area contributed by atoms with E-state index in [4.69, 9.17) is 0 Å². The highest BCUT2D eigenvalue weighted by atomic mass is 32.1. The molecule has 1 aromatic rings. The summed E-state index contributed by atoms with van der Waals surface area (Å²) in [5, 5.41) is 0. The van der Waals surface area contributed by atoms with Crippen LogP contribution in [0.1, 0.15) is 0 Å². The molecule has 1 nitrogen and oxygen atoms in total. The topological polar surface area (TPSA) is 31.5 Å². The van der Waals surface area contributed by atoms with Crippen molar-refractivity contribution >= 4 is 12.6 Å². The van der Waals surface area contributed by atoms with Crippen LogP contribution in [0.5, 0.6) is 0 Å². The molecule has 8 heavy (non-hydrogen) atoms. The van der Waals surface area contributed by atoms with Crippen molar-refractivity contribution in [1.29, 1.82) is 0 Å². The van der Waals surface area contributed by atoms with Gasteiger partial charge in [-0.05, 0) is 12.1 Å². The van der Waals surface area contributed by atoms with Gasteiger partial charge in [0.05, 0.1) is 0 Å². The fraction of sp³-hybridized carbons (Fsp3) is 0. The van der Waals surface area contributed by atoms with E-state index in [0.29, 0.717) is 0 Å². The smallest absolute Gasteiger partial charge is 0.00399 e. The van der Waals surface area contributed by atoms with Crippen LogP contribution in [-0.2, 0) is 0 Å². The molecule has 0 fully saturated rings. The van der Waals surface area contributed by atoms with E-state index < -0.39 is 0 Å². The summed E-state index contributed by atoms with van der Waals surface area (Å²) in [6, 6.07) is 9.79. The van der Waals surface area contributed by atoms with Gasteiger partial charge < -0.3 is 5.48 Å². The minimum Gasteiger partial charge on any atom is -0.412 e. The SMILES string of the molecule is O.Sc1ccccc1. The first-order chi connectivity index (χ1) is 3.39. The van der Waals surface area contributed by atoms with E-state index in [9.17, 15) is 0 Å². The van der Waals surface area contributed by atoms with Gasteiger partial charge in [-0.3, -0.25) is 0 Å². The lowest BCUT2D eigenvalue weighted by Gasteiger charge is -1.81. The van der Waals surface area contributed by atoms with Crippen LogP contribution in [0.25, 0.3) is 0 Å². The number of hydrogen-bond donors (Lipinski definition) is 1. The maximum absolute atomic E-state index is 4.08. The fourth-order valence-electron chi connectivity index (χ4n) is 0.428. The summed E-state index contributed by atoms with van der Waals surface area (Å²) < 4.78 is 0. The first kappa shape index (κ1) is 7.53. The Bertz CT molecular complexity index is 138. The summed E-state index contributed by atoms with van der Waals surface area (Å²) >= 11 is 4.08. The van der Waals surface area contributed by atoms with E-state index in [-0.39, 0.29) is 5.48 Å². The second-order valence-corrected chi connectivity index (χ2v) is 1.85. The summed E-state index contributed by atoms with van der Waals surface area (Å²) in [5.41, 5.74) is 0. The highest BCUT2D eigenvalue weighted by Gasteiger charge is 1.73. The van der Waals surface area contributed by atoms with E-state index in [0.717, 1.165) is 4.90 Å². The summed E-state index contributed by atoms with van der Waals surface area (Å²) in [6.45, 7) is 0. The molecule has 0 radical (unpaired) electrons. The van der Waals surface area contributed by atoms with Gasteiger partial charge in [0.2, 0.25) is 0 Å². The summed E-state index contributed by atoms with van der Waals surface area (Å²) in [6.07, 6.45) is 0. The highest BCUT2D eigenvalue weighted by Crippen LogP contribution is 2.00. The molecule has 0 aliphatic carbocycles. The van der Waals surface area contributed by atoms with Gasteiger partial charge >= 0.3 is 0 Å². The normalized spacial score (nSPS) is 7.62. The number of thiol groups is 1. The van der Waals surface area contributed by atoms with Crippen molar-refractivity contribution in [3.63, 3.8) is 0 Å². The van der Waals surface area contributed by atoms with Gasteiger partial charge in [-0.15, -0.1) is 12.6 Å². The second kappa shape index (κ2) is 3.52. The van der Waals surface area contributed by atoms with Crippen LogP contribution in [0.4, 0.5) is 0 Å². The number of hydrogen-bond acceptors (Lipinski definition) is 1. The van der Waals surface area contributed by atoms with Crippen LogP contribution in [-0.4, -0.2) is 5.48 Å². The molecule has 0 aliphatic rings. The van der Waals surface area contributed by atoms with Crippen molar-refractivity contribution in [2.45, 2.75) is 4.90 Å². The van der Waals surface area contributed by atoms with Crippen LogP contribution in [0, 0.1) is 0 Å². The Morgan fingerprint density at radius 2 is 1.50 bits per heavy atom. The summed E-state index contributed by atoms with van der Waals surface area (Å²) in [5.74, 6) is 0. The van der Waals surface area contributed by atoms with Crippen molar-refractivity contribution in [1.82, 2.24) is 0 Å². The molecule has 1 aromatic carbocycles.